The molecule has 6 nitrogen and oxygen atoms in total. The fourth-order valence-electron chi connectivity index (χ4n) is 3.03. The molecule has 0 bridgehead atoms. The molecule has 0 radical (unpaired) electrons. The maximum Gasteiger partial charge on any atom is 0.229 e. The summed E-state index contributed by atoms with van der Waals surface area (Å²) in [4.78, 5) is 33.9. The first-order valence-corrected chi connectivity index (χ1v) is 10.5. The molecule has 0 aliphatic carbocycles. The van der Waals surface area contributed by atoms with Gasteiger partial charge in [-0.3, -0.25) is 14.5 Å². The van der Waals surface area contributed by atoms with Crippen molar-refractivity contribution in [3.05, 3.63) is 57.6 Å². The summed E-state index contributed by atoms with van der Waals surface area (Å²) in [5.74, 6) is 0.852. The van der Waals surface area contributed by atoms with Gasteiger partial charge in [0.1, 0.15) is 5.76 Å². The molecule has 0 N–H and O–H groups in total. The van der Waals surface area contributed by atoms with E-state index in [2.05, 4.69) is 4.98 Å². The van der Waals surface area contributed by atoms with E-state index in [-0.39, 0.29) is 18.2 Å². The zero-order valence-corrected chi connectivity index (χ0v) is 16.3. The highest BCUT2D eigenvalue weighted by atomic mass is 32.1. The third-order valence-electron chi connectivity index (χ3n) is 4.38. The van der Waals surface area contributed by atoms with Gasteiger partial charge in [0, 0.05) is 23.2 Å². The van der Waals surface area contributed by atoms with Crippen molar-refractivity contribution in [2.24, 2.45) is 0 Å². The second kappa shape index (κ2) is 8.06. The average Bonchev–Trinajstić information content (AvgIpc) is 3.43. The number of nitrogens with zero attached hydrogens (tertiary/aromatic N) is 3. The van der Waals surface area contributed by atoms with Gasteiger partial charge in [0.25, 0.3) is 0 Å². The fraction of sp³-hybridized carbons (Fsp3) is 0.316. The van der Waals surface area contributed by atoms with Crippen LogP contribution < -0.4 is 4.90 Å². The Labute approximate surface area is 165 Å². The number of thiophene rings is 1. The Bertz CT molecular complexity index is 866. The van der Waals surface area contributed by atoms with Crippen LogP contribution in [-0.4, -0.2) is 28.2 Å². The highest BCUT2D eigenvalue weighted by molar-refractivity contribution is 7.14. The van der Waals surface area contributed by atoms with Gasteiger partial charge in [-0.2, -0.15) is 0 Å². The molecule has 27 heavy (non-hydrogen) atoms. The Morgan fingerprint density at radius 2 is 2.19 bits per heavy atom. The van der Waals surface area contributed by atoms with Crippen LogP contribution in [-0.2, 0) is 29.1 Å². The molecule has 8 heteroatoms. The number of carbonyl (C=O) groups excluding carboxylic acids is 2. The number of rotatable bonds is 7. The van der Waals surface area contributed by atoms with E-state index in [1.54, 1.807) is 27.4 Å². The lowest BCUT2D eigenvalue weighted by Crippen LogP contribution is -2.31. The Morgan fingerprint density at radius 1 is 1.26 bits per heavy atom. The molecule has 3 aromatic heterocycles. The molecule has 0 unspecified atom stereocenters. The number of thiazole rings is 1. The molecule has 0 aromatic carbocycles. The van der Waals surface area contributed by atoms with E-state index in [9.17, 15) is 9.59 Å². The Morgan fingerprint density at radius 3 is 2.89 bits per heavy atom. The average molecular weight is 402 g/mol. The van der Waals surface area contributed by atoms with Gasteiger partial charge in [0.05, 0.1) is 31.5 Å². The van der Waals surface area contributed by atoms with E-state index in [1.165, 1.54) is 11.3 Å². The summed E-state index contributed by atoms with van der Waals surface area (Å²) < 4.78 is 5.42. The van der Waals surface area contributed by atoms with Crippen molar-refractivity contribution in [1.29, 1.82) is 0 Å². The number of aromatic nitrogens is 1. The molecular weight excluding hydrogens is 382 g/mol. The minimum absolute atomic E-state index is 0.00982. The van der Waals surface area contributed by atoms with Crippen LogP contribution in [0.1, 0.15) is 29.2 Å². The molecule has 2 amide bonds. The van der Waals surface area contributed by atoms with Crippen LogP contribution in [0, 0.1) is 0 Å². The molecule has 1 fully saturated rings. The van der Waals surface area contributed by atoms with Crippen molar-refractivity contribution >= 4 is 39.6 Å². The molecule has 3 aromatic rings. The van der Waals surface area contributed by atoms with Crippen LogP contribution in [0.3, 0.4) is 0 Å². The summed E-state index contributed by atoms with van der Waals surface area (Å²) in [7, 11) is 0. The zero-order chi connectivity index (χ0) is 18.6. The predicted molar refractivity (Wildman–Crippen MR) is 105 cm³/mol. The maximum absolute atomic E-state index is 12.9. The molecule has 0 saturated carbocycles. The number of hydrogen-bond acceptors (Lipinski definition) is 6. The summed E-state index contributed by atoms with van der Waals surface area (Å²) in [5, 5.41) is 4.57. The van der Waals surface area contributed by atoms with E-state index >= 15 is 0 Å². The van der Waals surface area contributed by atoms with Gasteiger partial charge in [-0.25, -0.2) is 4.98 Å². The molecular formula is C19H19N3O3S2. The standard InChI is InChI=1S/C19H19N3O3S2/c23-17-6-1-7-22(17)19-20-14(13-27-19)10-18(24)21(11-15-4-2-8-25-15)12-16-5-3-9-26-16/h2-5,8-9,13H,1,6-7,10-12H2. The zero-order valence-electron chi connectivity index (χ0n) is 14.7. The van der Waals surface area contributed by atoms with E-state index in [4.69, 9.17) is 4.42 Å². The van der Waals surface area contributed by atoms with Gasteiger partial charge in [0.15, 0.2) is 5.13 Å². The molecule has 4 heterocycles. The van der Waals surface area contributed by atoms with Crippen molar-refractivity contribution in [1.82, 2.24) is 9.88 Å². The number of carbonyl (C=O) groups is 2. The summed E-state index contributed by atoms with van der Waals surface area (Å²) in [6, 6.07) is 7.69. The van der Waals surface area contributed by atoms with Crippen LogP contribution in [0.15, 0.2) is 45.7 Å². The largest absolute Gasteiger partial charge is 0.467 e. The van der Waals surface area contributed by atoms with Crippen LogP contribution in [0.4, 0.5) is 5.13 Å². The lowest BCUT2D eigenvalue weighted by Gasteiger charge is -2.20. The number of furan rings is 1. The third-order valence-corrected chi connectivity index (χ3v) is 6.16. The summed E-state index contributed by atoms with van der Waals surface area (Å²) in [6.07, 6.45) is 3.27. The summed E-state index contributed by atoms with van der Waals surface area (Å²) in [6.45, 7) is 1.67. The first-order valence-electron chi connectivity index (χ1n) is 8.76. The maximum atomic E-state index is 12.9. The van der Waals surface area contributed by atoms with Crippen LogP contribution in [0.2, 0.25) is 0 Å². The lowest BCUT2D eigenvalue weighted by molar-refractivity contribution is -0.132. The van der Waals surface area contributed by atoms with Crippen LogP contribution in [0.25, 0.3) is 0 Å². The second-order valence-corrected chi connectivity index (χ2v) is 8.22. The number of hydrogen-bond donors (Lipinski definition) is 0. The normalized spacial score (nSPS) is 14.1. The van der Waals surface area contributed by atoms with Crippen molar-refractivity contribution in [2.45, 2.75) is 32.4 Å². The van der Waals surface area contributed by atoms with E-state index in [1.807, 2.05) is 35.0 Å². The van der Waals surface area contributed by atoms with E-state index in [0.717, 1.165) is 17.1 Å². The van der Waals surface area contributed by atoms with E-state index in [0.29, 0.717) is 36.9 Å². The molecule has 1 aliphatic rings. The smallest absolute Gasteiger partial charge is 0.229 e. The first-order chi connectivity index (χ1) is 13.2. The van der Waals surface area contributed by atoms with Gasteiger partial charge in [-0.05, 0) is 30.0 Å². The summed E-state index contributed by atoms with van der Waals surface area (Å²) in [5.41, 5.74) is 0.704. The third kappa shape index (κ3) is 4.28. The first kappa shape index (κ1) is 17.9. The van der Waals surface area contributed by atoms with Crippen molar-refractivity contribution in [3.8, 4) is 0 Å². The highest BCUT2D eigenvalue weighted by Crippen LogP contribution is 2.26. The minimum atomic E-state index is -0.00982. The Balaban J connectivity index is 1.46. The molecule has 1 aliphatic heterocycles. The van der Waals surface area contributed by atoms with Gasteiger partial charge >= 0.3 is 0 Å². The minimum Gasteiger partial charge on any atom is -0.467 e. The quantitative estimate of drug-likeness (QED) is 0.605. The molecule has 140 valence electrons. The second-order valence-electron chi connectivity index (χ2n) is 6.36. The van der Waals surface area contributed by atoms with Gasteiger partial charge in [0.2, 0.25) is 11.8 Å². The molecule has 0 atom stereocenters. The van der Waals surface area contributed by atoms with Gasteiger partial charge in [-0.1, -0.05) is 6.07 Å². The topological polar surface area (TPSA) is 66.7 Å². The molecule has 1 saturated heterocycles. The Hall–Kier alpha value is -2.45. The number of anilines is 1. The van der Waals surface area contributed by atoms with Crippen LogP contribution >= 0.6 is 22.7 Å². The molecule has 4 rings (SSSR count). The number of amides is 2. The fourth-order valence-corrected chi connectivity index (χ4v) is 4.62. The monoisotopic (exact) mass is 401 g/mol. The SMILES string of the molecule is O=C(Cc1csc(N2CCCC2=O)n1)N(Cc1ccco1)Cc1cccs1. The Kier molecular flexibility index (Phi) is 5.35. The van der Waals surface area contributed by atoms with Crippen molar-refractivity contribution < 1.29 is 14.0 Å². The van der Waals surface area contributed by atoms with Crippen molar-refractivity contribution in [3.63, 3.8) is 0 Å². The van der Waals surface area contributed by atoms with Gasteiger partial charge in [-0.15, -0.1) is 22.7 Å². The highest BCUT2D eigenvalue weighted by Gasteiger charge is 2.25. The van der Waals surface area contributed by atoms with Crippen LogP contribution in [0.5, 0.6) is 0 Å². The summed E-state index contributed by atoms with van der Waals surface area (Å²) >= 11 is 3.05. The predicted octanol–water partition coefficient (Wildman–Crippen LogP) is 3.70. The van der Waals surface area contributed by atoms with Crippen molar-refractivity contribution in [2.75, 3.05) is 11.4 Å². The van der Waals surface area contributed by atoms with E-state index < -0.39 is 0 Å². The molecule has 0 spiro atoms. The lowest BCUT2D eigenvalue weighted by atomic mass is 10.2. The van der Waals surface area contributed by atoms with Gasteiger partial charge < -0.3 is 9.32 Å².